The molecule has 0 bridgehead atoms. The van der Waals surface area contributed by atoms with Gasteiger partial charge in [0, 0.05) is 68.2 Å². The van der Waals surface area contributed by atoms with Crippen LogP contribution in [0.25, 0.3) is 186 Å². The molecule has 5 heterocycles. The molecule has 4 aromatic heterocycles. The van der Waals surface area contributed by atoms with E-state index in [2.05, 4.69) is 370 Å². The van der Waals surface area contributed by atoms with Crippen LogP contribution in [-0.4, -0.2) is 48.2 Å². The van der Waals surface area contributed by atoms with Crippen LogP contribution < -0.4 is 5.46 Å². The van der Waals surface area contributed by atoms with Crippen molar-refractivity contribution in [1.82, 2.24) is 29.9 Å². The Morgan fingerprint density at radius 2 is 0.467 bits per heavy atom. The third-order valence-electron chi connectivity index (χ3n) is 22.6. The molecule has 16 aromatic carbocycles. The number of hydrogen-bond acceptors (Lipinski definition) is 10. The number of rotatable bonds is 14. The highest BCUT2D eigenvalue weighted by atomic mass is 35.5. The first kappa shape index (κ1) is 76.2. The summed E-state index contributed by atoms with van der Waals surface area (Å²) in [5.41, 5.74) is 23.5. The minimum absolute atomic E-state index is 0.180. The Balaban J connectivity index is 0.000000126. The second kappa shape index (κ2) is 33.3. The van der Waals surface area contributed by atoms with Crippen LogP contribution in [0.15, 0.2) is 400 Å². The number of aromatic nitrogens is 6. The molecule has 0 N–H and O–H groups in total. The molecule has 0 atom stereocenters. The minimum Gasteiger partial charge on any atom is -0.399 e. The van der Waals surface area contributed by atoms with Crippen LogP contribution >= 0.6 is 34.3 Å². The summed E-state index contributed by atoms with van der Waals surface area (Å²) in [5, 5.41) is 5.36. The zero-order chi connectivity index (χ0) is 81.1. The van der Waals surface area contributed by atoms with Crippen LogP contribution in [-0.2, 0) is 9.31 Å². The van der Waals surface area contributed by atoms with E-state index in [0.717, 1.165) is 72.2 Å². The van der Waals surface area contributed by atoms with Crippen molar-refractivity contribution >= 4 is 87.2 Å². The standard InChI is InChI=1S/C51H33N3S.C30H27BO2S.C27H18ClN3/c1-4-13-34(14-5-1)37-23-27-39(28-24-37)49-52-50(40-29-25-38(26-30-40)35-15-6-2-7-16-35)54-51(53-49)43-32-41(36-17-8-3-9-18-36)31-42(33-43)44-20-12-21-46-45-19-10-11-22-47(45)55-48(44)46;1-29(2)30(3,4)33-31(32-29)23-18-21(20-11-6-5-7-12-20)17-22(19-23)24-14-10-15-26-25-13-8-9-16-27(25)34-28(24)26;28-27-30-25(23-15-11-21(12-16-23)19-7-3-1-4-8-19)29-26(31-27)24-17-13-22(14-18-24)20-9-5-2-6-10-20/h1-33H;5-19H,1-4H3;1-18H. The van der Waals surface area contributed by atoms with Crippen molar-refractivity contribution < 1.29 is 9.31 Å². The Kier molecular flexibility index (Phi) is 21.2. The van der Waals surface area contributed by atoms with Gasteiger partial charge < -0.3 is 9.31 Å². The summed E-state index contributed by atoms with van der Waals surface area (Å²) >= 11 is 9.95. The van der Waals surface area contributed by atoms with Gasteiger partial charge in [0.2, 0.25) is 5.28 Å². The third-order valence-corrected chi connectivity index (χ3v) is 25.2. The minimum atomic E-state index is -0.408. The molecule has 8 nitrogen and oxygen atoms in total. The highest BCUT2D eigenvalue weighted by Crippen LogP contribution is 2.45. The lowest BCUT2D eigenvalue weighted by Gasteiger charge is -2.32. The Morgan fingerprint density at radius 1 is 0.225 bits per heavy atom. The quantitative estimate of drug-likeness (QED) is 0.0994. The SMILES string of the molecule is CC1(C)OB(c2cc(-c3ccccc3)cc(-c3cccc4c3sc3ccccc34)c2)OC1(C)C.Clc1nc(-c2ccc(-c3ccccc3)cc2)nc(-c2ccc(-c3ccccc3)cc2)n1.c1ccc(-c2ccc(-c3nc(-c4ccc(-c5ccccc5)cc4)nc(-c4cc(-c5ccccc5)cc(-c5cccc6c5sc5ccccc56)c4)n3)cc2)cc1. The lowest BCUT2D eigenvalue weighted by Crippen LogP contribution is -2.41. The van der Waals surface area contributed by atoms with Crippen molar-refractivity contribution in [3.63, 3.8) is 0 Å². The Bertz CT molecular complexity index is 6850. The molecule has 0 amide bonds. The van der Waals surface area contributed by atoms with Gasteiger partial charge in [-0.1, -0.05) is 364 Å². The maximum absolute atomic E-state index is 6.45. The fraction of sp³-hybridized carbons (Fsp3) is 0.0556. The molecule has 0 aliphatic carbocycles. The molecule has 12 heteroatoms. The van der Waals surface area contributed by atoms with E-state index in [9.17, 15) is 0 Å². The topological polar surface area (TPSA) is 95.8 Å². The monoisotopic (exact) mass is 1600 g/mol. The molecular formula is C108H78BClN6O2S2. The van der Waals surface area contributed by atoms with E-state index in [1.54, 1.807) is 0 Å². The summed E-state index contributed by atoms with van der Waals surface area (Å²) in [7, 11) is -0.408. The van der Waals surface area contributed by atoms with E-state index in [1.165, 1.54) is 90.4 Å². The predicted molar refractivity (Wildman–Crippen MR) is 503 cm³/mol. The molecule has 0 radical (unpaired) electrons. The Hall–Kier alpha value is -13.7. The van der Waals surface area contributed by atoms with E-state index in [-0.39, 0.29) is 16.5 Å². The van der Waals surface area contributed by atoms with Gasteiger partial charge in [-0.25, -0.2) is 19.9 Å². The van der Waals surface area contributed by atoms with Crippen LogP contribution in [0.2, 0.25) is 5.28 Å². The summed E-state index contributed by atoms with van der Waals surface area (Å²) in [6.07, 6.45) is 0. The number of thiophene rings is 2. The fourth-order valence-corrected chi connectivity index (χ4v) is 18.2. The number of fused-ring (bicyclic) bond motifs is 6. The van der Waals surface area contributed by atoms with Crippen LogP contribution in [0.1, 0.15) is 27.7 Å². The van der Waals surface area contributed by atoms with Crippen molar-refractivity contribution in [3.05, 3.63) is 406 Å². The molecule has 0 saturated carbocycles. The van der Waals surface area contributed by atoms with Crippen LogP contribution in [0, 0.1) is 0 Å². The smallest absolute Gasteiger partial charge is 0.399 e. The summed E-state index contributed by atoms with van der Waals surface area (Å²) in [5.74, 6) is 3.00. The number of nitrogens with zero attached hydrogens (tertiary/aromatic N) is 6. The van der Waals surface area contributed by atoms with E-state index in [1.807, 2.05) is 95.5 Å². The van der Waals surface area contributed by atoms with Crippen molar-refractivity contribution in [2.75, 3.05) is 0 Å². The summed E-state index contributed by atoms with van der Waals surface area (Å²) < 4.78 is 18.1. The van der Waals surface area contributed by atoms with E-state index in [0.29, 0.717) is 29.1 Å². The maximum Gasteiger partial charge on any atom is 0.494 e. The average molecular weight is 1600 g/mol. The second-order valence-corrected chi connectivity index (χ2v) is 33.3. The molecule has 1 saturated heterocycles. The Morgan fingerprint density at radius 3 is 0.817 bits per heavy atom. The zero-order valence-corrected chi connectivity index (χ0v) is 68.8. The van der Waals surface area contributed by atoms with Gasteiger partial charge in [-0.2, -0.15) is 9.97 Å². The number of halogens is 1. The average Bonchev–Trinajstić information content (AvgIpc) is 1.59. The van der Waals surface area contributed by atoms with E-state index in [4.69, 9.17) is 35.9 Å². The molecule has 1 fully saturated rings. The summed E-state index contributed by atoms with van der Waals surface area (Å²) in [6, 6.07) is 140. The van der Waals surface area contributed by atoms with E-state index < -0.39 is 7.12 Å². The number of benzene rings is 16. The molecule has 574 valence electrons. The summed E-state index contributed by atoms with van der Waals surface area (Å²) in [4.78, 5) is 28.9. The maximum atomic E-state index is 6.45. The highest BCUT2D eigenvalue weighted by Gasteiger charge is 2.52. The normalized spacial score (nSPS) is 12.8. The van der Waals surface area contributed by atoms with Crippen LogP contribution in [0.3, 0.4) is 0 Å². The van der Waals surface area contributed by atoms with Gasteiger partial charge in [0.05, 0.1) is 11.2 Å². The van der Waals surface area contributed by atoms with Crippen molar-refractivity contribution in [2.45, 2.75) is 38.9 Å². The second-order valence-electron chi connectivity index (χ2n) is 30.9. The van der Waals surface area contributed by atoms with Gasteiger partial charge in [-0.15, -0.1) is 22.7 Å². The van der Waals surface area contributed by atoms with Gasteiger partial charge in [0.1, 0.15) is 0 Å². The first-order valence-corrected chi connectivity index (χ1v) is 42.2. The largest absolute Gasteiger partial charge is 0.494 e. The van der Waals surface area contributed by atoms with Gasteiger partial charge in [0.25, 0.3) is 0 Å². The molecular weight excluding hydrogens is 1520 g/mol. The zero-order valence-electron chi connectivity index (χ0n) is 66.4. The van der Waals surface area contributed by atoms with Crippen LogP contribution in [0.4, 0.5) is 0 Å². The highest BCUT2D eigenvalue weighted by molar-refractivity contribution is 7.26. The molecule has 21 rings (SSSR count). The van der Waals surface area contributed by atoms with Crippen molar-refractivity contribution in [1.29, 1.82) is 0 Å². The lowest BCUT2D eigenvalue weighted by molar-refractivity contribution is 0.00578. The van der Waals surface area contributed by atoms with Crippen molar-refractivity contribution in [3.8, 4) is 146 Å². The summed E-state index contributed by atoms with van der Waals surface area (Å²) in [6.45, 7) is 8.42. The van der Waals surface area contributed by atoms with Gasteiger partial charge >= 0.3 is 7.12 Å². The molecule has 1 aliphatic rings. The van der Waals surface area contributed by atoms with Crippen molar-refractivity contribution in [2.24, 2.45) is 0 Å². The first-order valence-electron chi connectivity index (χ1n) is 40.2. The molecule has 0 spiro atoms. The molecule has 1 aliphatic heterocycles. The number of hydrogen-bond donors (Lipinski definition) is 0. The van der Waals surface area contributed by atoms with Gasteiger partial charge in [-0.3, -0.25) is 0 Å². The van der Waals surface area contributed by atoms with Gasteiger partial charge in [0.15, 0.2) is 29.1 Å². The molecule has 0 unspecified atom stereocenters. The predicted octanol–water partition coefficient (Wildman–Crippen LogP) is 28.8. The fourth-order valence-electron chi connectivity index (χ4n) is 15.5. The molecule has 120 heavy (non-hydrogen) atoms. The lowest BCUT2D eigenvalue weighted by atomic mass is 9.76. The van der Waals surface area contributed by atoms with Crippen LogP contribution in [0.5, 0.6) is 0 Å². The third kappa shape index (κ3) is 16.0. The Labute approximate surface area is 711 Å². The molecule has 20 aromatic rings. The van der Waals surface area contributed by atoms with E-state index >= 15 is 0 Å². The van der Waals surface area contributed by atoms with Gasteiger partial charge in [-0.05, 0) is 170 Å². The first-order chi connectivity index (χ1) is 58.8.